The van der Waals surface area contributed by atoms with E-state index in [4.69, 9.17) is 5.73 Å². The molecular formula is C16H19N3O4. The van der Waals surface area contributed by atoms with Crippen LogP contribution in [0.5, 0.6) is 5.75 Å². The second kappa shape index (κ2) is 5.92. The first kappa shape index (κ1) is 15.4. The normalized spacial score (nSPS) is 19.2. The van der Waals surface area contributed by atoms with Gasteiger partial charge in [0, 0.05) is 23.6 Å². The van der Waals surface area contributed by atoms with E-state index < -0.39 is 18.1 Å². The van der Waals surface area contributed by atoms with Crippen LogP contribution < -0.4 is 5.73 Å². The van der Waals surface area contributed by atoms with E-state index in [0.717, 1.165) is 16.5 Å². The molecule has 0 radical (unpaired) electrons. The summed E-state index contributed by atoms with van der Waals surface area (Å²) >= 11 is 0. The zero-order chi connectivity index (χ0) is 16.6. The van der Waals surface area contributed by atoms with Crippen LogP contribution in [0.1, 0.15) is 18.4 Å². The Bertz CT molecular complexity index is 755. The molecule has 7 heteroatoms. The number of phenolic OH excluding ortho intramolecular Hbond substituents is 1. The van der Waals surface area contributed by atoms with Crippen LogP contribution in [0.2, 0.25) is 0 Å². The van der Waals surface area contributed by atoms with Crippen LogP contribution in [0.25, 0.3) is 10.9 Å². The van der Waals surface area contributed by atoms with Gasteiger partial charge in [0.2, 0.25) is 5.91 Å². The number of fused-ring (bicyclic) bond motifs is 1. The molecule has 0 bridgehead atoms. The molecule has 2 atom stereocenters. The zero-order valence-electron chi connectivity index (χ0n) is 12.5. The summed E-state index contributed by atoms with van der Waals surface area (Å²) in [7, 11) is 0. The molecule has 0 aliphatic carbocycles. The minimum absolute atomic E-state index is 0.142. The van der Waals surface area contributed by atoms with Gasteiger partial charge in [0.25, 0.3) is 0 Å². The van der Waals surface area contributed by atoms with Crippen LogP contribution in [0.15, 0.2) is 24.4 Å². The second-order valence-corrected chi connectivity index (χ2v) is 5.88. The number of amides is 1. The third-order valence-corrected chi connectivity index (χ3v) is 4.33. The Balaban J connectivity index is 1.77. The third-order valence-electron chi connectivity index (χ3n) is 4.33. The number of likely N-dealkylation sites (tertiary alicyclic amines) is 1. The molecule has 1 fully saturated rings. The monoisotopic (exact) mass is 317 g/mol. The van der Waals surface area contributed by atoms with Gasteiger partial charge in [-0.3, -0.25) is 4.79 Å². The molecule has 122 valence electrons. The van der Waals surface area contributed by atoms with Crippen molar-refractivity contribution in [2.45, 2.75) is 31.3 Å². The number of nitrogens with zero attached hydrogens (tertiary/aromatic N) is 1. The largest absolute Gasteiger partial charge is 0.508 e. The SMILES string of the molecule is N[C@@H](Cc1c[nH]c2ccc(O)cc12)C(=O)N1CCC[C@H]1C(=O)O. The van der Waals surface area contributed by atoms with Gasteiger partial charge in [0.1, 0.15) is 11.8 Å². The van der Waals surface area contributed by atoms with Crippen LogP contribution in [0.4, 0.5) is 0 Å². The van der Waals surface area contributed by atoms with Crippen molar-refractivity contribution >= 4 is 22.8 Å². The number of aliphatic carboxylic acids is 1. The number of hydrogen-bond donors (Lipinski definition) is 4. The Morgan fingerprint density at radius 3 is 2.96 bits per heavy atom. The summed E-state index contributed by atoms with van der Waals surface area (Å²) in [6.45, 7) is 0.429. The van der Waals surface area contributed by atoms with E-state index in [1.807, 2.05) is 0 Å². The number of carbonyl (C=O) groups excluding carboxylic acids is 1. The van der Waals surface area contributed by atoms with E-state index in [1.54, 1.807) is 24.4 Å². The summed E-state index contributed by atoms with van der Waals surface area (Å²) in [6, 6.07) is 3.36. The van der Waals surface area contributed by atoms with Crippen molar-refractivity contribution in [3.63, 3.8) is 0 Å². The van der Waals surface area contributed by atoms with Crippen LogP contribution >= 0.6 is 0 Å². The van der Waals surface area contributed by atoms with Gasteiger partial charge < -0.3 is 25.8 Å². The van der Waals surface area contributed by atoms with Gasteiger partial charge in [-0.2, -0.15) is 0 Å². The second-order valence-electron chi connectivity index (χ2n) is 5.88. The van der Waals surface area contributed by atoms with Crippen molar-refractivity contribution < 1.29 is 19.8 Å². The lowest BCUT2D eigenvalue weighted by Gasteiger charge is -2.24. The highest BCUT2D eigenvalue weighted by molar-refractivity contribution is 5.89. The van der Waals surface area contributed by atoms with Crippen molar-refractivity contribution in [2.75, 3.05) is 6.54 Å². The summed E-state index contributed by atoms with van der Waals surface area (Å²) in [5.41, 5.74) is 7.69. The minimum Gasteiger partial charge on any atom is -0.508 e. The zero-order valence-corrected chi connectivity index (χ0v) is 12.5. The minimum atomic E-state index is -0.986. The van der Waals surface area contributed by atoms with Crippen molar-refractivity contribution in [1.82, 2.24) is 9.88 Å². The fourth-order valence-corrected chi connectivity index (χ4v) is 3.16. The van der Waals surface area contributed by atoms with Gasteiger partial charge in [-0.25, -0.2) is 4.79 Å². The maximum absolute atomic E-state index is 12.5. The Morgan fingerprint density at radius 1 is 1.43 bits per heavy atom. The molecule has 1 aromatic heterocycles. The maximum atomic E-state index is 12.5. The van der Waals surface area contributed by atoms with Gasteiger partial charge in [0.05, 0.1) is 6.04 Å². The molecule has 2 heterocycles. The molecule has 1 aliphatic rings. The number of phenols is 1. The first-order valence-corrected chi connectivity index (χ1v) is 7.55. The predicted molar refractivity (Wildman–Crippen MR) is 84.0 cm³/mol. The standard InChI is InChI=1S/C16H19N3O4/c17-12(15(21)19-5-1-2-14(19)16(22)23)6-9-8-18-13-4-3-10(20)7-11(9)13/h3-4,7-8,12,14,18,20H,1-2,5-6,17H2,(H,22,23)/t12-,14-/m0/s1. The van der Waals surface area contributed by atoms with Crippen LogP contribution in [-0.2, 0) is 16.0 Å². The lowest BCUT2D eigenvalue weighted by atomic mass is 10.0. The van der Waals surface area contributed by atoms with Crippen molar-refractivity contribution in [2.24, 2.45) is 5.73 Å². The van der Waals surface area contributed by atoms with Gasteiger partial charge in [0.15, 0.2) is 0 Å². The van der Waals surface area contributed by atoms with Gasteiger partial charge in [-0.1, -0.05) is 0 Å². The van der Waals surface area contributed by atoms with Crippen LogP contribution in [0.3, 0.4) is 0 Å². The van der Waals surface area contributed by atoms with Gasteiger partial charge >= 0.3 is 5.97 Å². The topological polar surface area (TPSA) is 120 Å². The summed E-state index contributed by atoms with van der Waals surface area (Å²) in [5, 5.41) is 19.6. The molecule has 2 aromatic rings. The van der Waals surface area contributed by atoms with Crippen molar-refractivity contribution in [3.8, 4) is 5.75 Å². The Hall–Kier alpha value is -2.54. The Morgan fingerprint density at radius 2 is 2.22 bits per heavy atom. The smallest absolute Gasteiger partial charge is 0.326 e. The first-order chi connectivity index (χ1) is 11.0. The fraction of sp³-hybridized carbons (Fsp3) is 0.375. The number of aromatic hydroxyl groups is 1. The van der Waals surface area contributed by atoms with E-state index in [1.165, 1.54) is 4.90 Å². The number of carboxylic acid groups (broad SMARTS) is 1. The quantitative estimate of drug-likeness (QED) is 0.665. The molecule has 0 spiro atoms. The first-order valence-electron chi connectivity index (χ1n) is 7.55. The summed E-state index contributed by atoms with van der Waals surface area (Å²) in [6.07, 6.45) is 3.19. The lowest BCUT2D eigenvalue weighted by molar-refractivity contribution is -0.148. The van der Waals surface area contributed by atoms with Gasteiger partial charge in [-0.05, 0) is 43.0 Å². The third kappa shape index (κ3) is 2.87. The average Bonchev–Trinajstić information content (AvgIpc) is 3.14. The van der Waals surface area contributed by atoms with E-state index in [0.29, 0.717) is 19.4 Å². The highest BCUT2D eigenvalue weighted by atomic mass is 16.4. The maximum Gasteiger partial charge on any atom is 0.326 e. The van der Waals surface area contributed by atoms with Crippen molar-refractivity contribution in [1.29, 1.82) is 0 Å². The number of carbonyl (C=O) groups is 2. The highest BCUT2D eigenvalue weighted by Crippen LogP contribution is 2.25. The number of rotatable bonds is 4. The number of H-pyrrole nitrogens is 1. The number of carboxylic acids is 1. The molecule has 23 heavy (non-hydrogen) atoms. The molecular weight excluding hydrogens is 298 g/mol. The number of aromatic nitrogens is 1. The van der Waals surface area contributed by atoms with E-state index >= 15 is 0 Å². The number of benzene rings is 1. The summed E-state index contributed by atoms with van der Waals surface area (Å²) in [4.78, 5) is 28.1. The van der Waals surface area contributed by atoms with Crippen LogP contribution in [0, 0.1) is 0 Å². The van der Waals surface area contributed by atoms with Gasteiger partial charge in [-0.15, -0.1) is 0 Å². The van der Waals surface area contributed by atoms with Crippen LogP contribution in [-0.4, -0.2) is 50.6 Å². The molecule has 1 aromatic carbocycles. The van der Waals surface area contributed by atoms with E-state index in [-0.39, 0.29) is 18.1 Å². The van der Waals surface area contributed by atoms with E-state index in [2.05, 4.69) is 4.98 Å². The number of nitrogens with two attached hydrogens (primary N) is 1. The highest BCUT2D eigenvalue weighted by Gasteiger charge is 2.36. The molecule has 1 amide bonds. The molecule has 5 N–H and O–H groups in total. The predicted octanol–water partition coefficient (Wildman–Crippen LogP) is 0.819. The molecule has 7 nitrogen and oxygen atoms in total. The van der Waals surface area contributed by atoms with E-state index in [9.17, 15) is 19.8 Å². The molecule has 1 aliphatic heterocycles. The molecule has 1 saturated heterocycles. The Labute approximate surface area is 132 Å². The summed E-state index contributed by atoms with van der Waals surface area (Å²) < 4.78 is 0. The number of aromatic amines is 1. The number of hydrogen-bond acceptors (Lipinski definition) is 4. The molecule has 0 unspecified atom stereocenters. The number of nitrogens with one attached hydrogen (secondary N) is 1. The van der Waals surface area contributed by atoms with Crippen molar-refractivity contribution in [3.05, 3.63) is 30.0 Å². The lowest BCUT2D eigenvalue weighted by Crippen LogP contribution is -2.49. The molecule has 3 rings (SSSR count). The average molecular weight is 317 g/mol. The fourth-order valence-electron chi connectivity index (χ4n) is 3.16. The molecule has 0 saturated carbocycles. The summed E-state index contributed by atoms with van der Waals surface area (Å²) in [5.74, 6) is -1.19. The Kier molecular flexibility index (Phi) is 3.96.